The molecule has 1 saturated heterocycles. The molecular weight excluding hydrogens is 348 g/mol. The molecule has 1 N–H and O–H groups in total. The van der Waals surface area contributed by atoms with Gasteiger partial charge in [0.15, 0.2) is 4.96 Å². The molecular formula is C19H20N4O2S. The van der Waals surface area contributed by atoms with Gasteiger partial charge in [-0.25, -0.2) is 4.98 Å². The predicted molar refractivity (Wildman–Crippen MR) is 101 cm³/mol. The van der Waals surface area contributed by atoms with Crippen LogP contribution in [0.4, 0.5) is 0 Å². The van der Waals surface area contributed by atoms with Gasteiger partial charge >= 0.3 is 0 Å². The van der Waals surface area contributed by atoms with E-state index in [1.165, 1.54) is 40.3 Å². The number of aromatic nitrogens is 2. The maximum Gasteiger partial charge on any atom is 0.271 e. The highest BCUT2D eigenvalue weighted by molar-refractivity contribution is 7.15. The van der Waals surface area contributed by atoms with Gasteiger partial charge in [0.05, 0.1) is 0 Å². The monoisotopic (exact) mass is 368 g/mol. The third-order valence-corrected chi connectivity index (χ3v) is 5.51. The number of carbonyl (C=O) groups is 1. The zero-order valence-electron chi connectivity index (χ0n) is 14.4. The van der Waals surface area contributed by atoms with Crippen molar-refractivity contribution in [2.75, 3.05) is 13.1 Å². The van der Waals surface area contributed by atoms with Gasteiger partial charge in [-0.1, -0.05) is 24.3 Å². The van der Waals surface area contributed by atoms with E-state index in [9.17, 15) is 9.59 Å². The minimum Gasteiger partial charge on any atom is -0.348 e. The van der Waals surface area contributed by atoms with Crippen LogP contribution in [0.5, 0.6) is 0 Å². The minimum atomic E-state index is -0.390. The van der Waals surface area contributed by atoms with Gasteiger partial charge in [0.2, 0.25) is 0 Å². The molecule has 1 aliphatic rings. The van der Waals surface area contributed by atoms with Gasteiger partial charge in [-0.15, -0.1) is 11.3 Å². The van der Waals surface area contributed by atoms with Crippen LogP contribution in [0.15, 0.2) is 46.8 Å². The van der Waals surface area contributed by atoms with Crippen molar-refractivity contribution in [2.45, 2.75) is 25.9 Å². The molecule has 1 fully saturated rings. The van der Waals surface area contributed by atoms with Crippen molar-refractivity contribution in [1.82, 2.24) is 19.6 Å². The zero-order chi connectivity index (χ0) is 17.9. The summed E-state index contributed by atoms with van der Waals surface area (Å²) < 4.78 is 1.40. The first-order valence-electron chi connectivity index (χ1n) is 8.74. The summed E-state index contributed by atoms with van der Waals surface area (Å²) >= 11 is 1.36. The number of hydrogen-bond acceptors (Lipinski definition) is 5. The van der Waals surface area contributed by atoms with Crippen molar-refractivity contribution < 1.29 is 4.79 Å². The molecule has 1 amide bonds. The van der Waals surface area contributed by atoms with Crippen molar-refractivity contribution in [1.29, 1.82) is 0 Å². The summed E-state index contributed by atoms with van der Waals surface area (Å²) in [7, 11) is 0. The second kappa shape index (κ2) is 7.39. The molecule has 0 unspecified atom stereocenters. The van der Waals surface area contributed by atoms with E-state index in [1.54, 1.807) is 11.6 Å². The summed E-state index contributed by atoms with van der Waals surface area (Å²) in [6.07, 6.45) is 5.50. The van der Waals surface area contributed by atoms with Crippen LogP contribution < -0.4 is 10.9 Å². The van der Waals surface area contributed by atoms with E-state index in [0.717, 1.165) is 25.2 Å². The molecule has 0 bridgehead atoms. The summed E-state index contributed by atoms with van der Waals surface area (Å²) in [5.74, 6) is -0.390. The highest BCUT2D eigenvalue weighted by atomic mass is 32.1. The Balaban J connectivity index is 1.49. The third kappa shape index (κ3) is 3.40. The number of benzene rings is 1. The molecule has 0 aliphatic carbocycles. The molecule has 1 aliphatic heterocycles. The lowest BCUT2D eigenvalue weighted by atomic mass is 10.1. The number of likely N-dealkylation sites (tertiary alicyclic amines) is 1. The third-order valence-electron chi connectivity index (χ3n) is 4.74. The lowest BCUT2D eigenvalue weighted by Gasteiger charge is -2.17. The van der Waals surface area contributed by atoms with Gasteiger partial charge in [0.25, 0.3) is 11.5 Å². The Morgan fingerprint density at radius 3 is 2.77 bits per heavy atom. The van der Waals surface area contributed by atoms with Crippen molar-refractivity contribution in [3.63, 3.8) is 0 Å². The average Bonchev–Trinajstić information content (AvgIpc) is 3.33. The highest BCUT2D eigenvalue weighted by Crippen LogP contribution is 2.16. The van der Waals surface area contributed by atoms with Crippen LogP contribution in [0.1, 0.15) is 34.3 Å². The van der Waals surface area contributed by atoms with Crippen molar-refractivity contribution in [3.05, 3.63) is 69.1 Å². The van der Waals surface area contributed by atoms with Gasteiger partial charge in [0.1, 0.15) is 5.56 Å². The van der Waals surface area contributed by atoms with E-state index >= 15 is 0 Å². The van der Waals surface area contributed by atoms with E-state index < -0.39 is 0 Å². The first-order valence-corrected chi connectivity index (χ1v) is 9.62. The fourth-order valence-corrected chi connectivity index (χ4v) is 3.99. The van der Waals surface area contributed by atoms with Crippen LogP contribution in [0.3, 0.4) is 0 Å². The fraction of sp³-hybridized carbons (Fsp3) is 0.316. The SMILES string of the molecule is O=C(NCc1ccccc1CN1CCCC1)c1cnc2sccn2c1=O. The first-order chi connectivity index (χ1) is 12.7. The fourth-order valence-electron chi connectivity index (χ4n) is 3.32. The number of carbonyl (C=O) groups excluding carboxylic acids is 1. The summed E-state index contributed by atoms with van der Waals surface area (Å²) in [5.41, 5.74) is 2.03. The normalized spacial score (nSPS) is 14.8. The maximum atomic E-state index is 12.5. The van der Waals surface area contributed by atoms with E-state index in [1.807, 2.05) is 18.2 Å². The second-order valence-electron chi connectivity index (χ2n) is 6.47. The lowest BCUT2D eigenvalue weighted by Crippen LogP contribution is -2.31. The quantitative estimate of drug-likeness (QED) is 0.750. The molecule has 3 heterocycles. The summed E-state index contributed by atoms with van der Waals surface area (Å²) in [5, 5.41) is 4.65. The van der Waals surface area contributed by atoms with E-state index in [0.29, 0.717) is 11.5 Å². The number of hydrogen-bond donors (Lipinski definition) is 1. The van der Waals surface area contributed by atoms with Crippen molar-refractivity contribution in [2.24, 2.45) is 0 Å². The Labute approximate surface area is 155 Å². The summed E-state index contributed by atoms with van der Waals surface area (Å²) in [4.78, 5) is 32.1. The number of amides is 1. The molecule has 0 atom stereocenters. The second-order valence-corrected chi connectivity index (χ2v) is 7.34. The number of nitrogens with one attached hydrogen (secondary N) is 1. The molecule has 0 radical (unpaired) electrons. The molecule has 4 rings (SSSR count). The van der Waals surface area contributed by atoms with Crippen LogP contribution in [0, 0.1) is 0 Å². The zero-order valence-corrected chi connectivity index (χ0v) is 15.2. The molecule has 0 spiro atoms. The largest absolute Gasteiger partial charge is 0.348 e. The smallest absolute Gasteiger partial charge is 0.271 e. The predicted octanol–water partition coefficient (Wildman–Crippen LogP) is 2.28. The number of nitrogens with zero attached hydrogens (tertiary/aromatic N) is 3. The van der Waals surface area contributed by atoms with E-state index in [2.05, 4.69) is 21.3 Å². The number of fused-ring (bicyclic) bond motifs is 1. The Morgan fingerprint density at radius 1 is 1.19 bits per heavy atom. The molecule has 1 aromatic carbocycles. The van der Waals surface area contributed by atoms with Gasteiger partial charge in [-0.3, -0.25) is 18.9 Å². The van der Waals surface area contributed by atoms with Crippen LogP contribution in [-0.2, 0) is 13.1 Å². The molecule has 2 aromatic heterocycles. The van der Waals surface area contributed by atoms with Gasteiger partial charge in [0, 0.05) is 30.9 Å². The van der Waals surface area contributed by atoms with Crippen molar-refractivity contribution in [3.8, 4) is 0 Å². The van der Waals surface area contributed by atoms with Gasteiger partial charge in [-0.2, -0.15) is 0 Å². The lowest BCUT2D eigenvalue weighted by molar-refractivity contribution is 0.0948. The molecule has 3 aromatic rings. The van der Waals surface area contributed by atoms with Gasteiger partial charge in [-0.05, 0) is 37.1 Å². The van der Waals surface area contributed by atoms with E-state index in [-0.39, 0.29) is 17.0 Å². The Morgan fingerprint density at radius 2 is 1.96 bits per heavy atom. The molecule has 7 heteroatoms. The summed E-state index contributed by atoms with van der Waals surface area (Å²) in [6.45, 7) is 3.55. The summed E-state index contributed by atoms with van der Waals surface area (Å²) in [6, 6.07) is 8.13. The van der Waals surface area contributed by atoms with Crippen LogP contribution >= 0.6 is 11.3 Å². The first kappa shape index (κ1) is 16.9. The highest BCUT2D eigenvalue weighted by Gasteiger charge is 2.16. The molecule has 26 heavy (non-hydrogen) atoms. The van der Waals surface area contributed by atoms with Crippen LogP contribution in [-0.4, -0.2) is 33.3 Å². The van der Waals surface area contributed by atoms with Crippen LogP contribution in [0.25, 0.3) is 4.96 Å². The minimum absolute atomic E-state index is 0.0675. The maximum absolute atomic E-state index is 12.5. The standard InChI is InChI=1S/C19H20N4O2S/c24-17(16-12-21-19-23(18(16)25)9-10-26-19)20-11-14-5-1-2-6-15(14)13-22-7-3-4-8-22/h1-2,5-6,9-10,12H,3-4,7-8,11,13H2,(H,20,24). The number of rotatable bonds is 5. The van der Waals surface area contributed by atoms with Crippen molar-refractivity contribution >= 4 is 22.2 Å². The molecule has 134 valence electrons. The van der Waals surface area contributed by atoms with E-state index in [4.69, 9.17) is 0 Å². The Kier molecular flexibility index (Phi) is 4.81. The van der Waals surface area contributed by atoms with Crippen LogP contribution in [0.2, 0.25) is 0 Å². The number of thiazole rings is 1. The van der Waals surface area contributed by atoms with Gasteiger partial charge < -0.3 is 5.32 Å². The Bertz CT molecular complexity index is 988. The average molecular weight is 368 g/mol. The molecule has 6 nitrogen and oxygen atoms in total. The molecule has 0 saturated carbocycles. The topological polar surface area (TPSA) is 66.7 Å². The Hall–Kier alpha value is -2.51.